The molecule has 2 N–H and O–H groups in total. The molecule has 6 heteroatoms. The maximum Gasteiger partial charge on any atom is 0.139 e. The molecule has 0 bridgehead atoms. The zero-order valence-electron chi connectivity index (χ0n) is 10.2. The summed E-state index contributed by atoms with van der Waals surface area (Å²) in [7, 11) is 1.63. The van der Waals surface area contributed by atoms with Crippen LogP contribution in [0.5, 0.6) is 5.75 Å². The first kappa shape index (κ1) is 13.5. The van der Waals surface area contributed by atoms with Crippen LogP contribution in [0.15, 0.2) is 18.5 Å². The number of hydrogen-bond acceptors (Lipinski definition) is 5. The molecule has 1 heterocycles. The van der Waals surface area contributed by atoms with E-state index in [0.717, 1.165) is 6.42 Å². The number of halogens is 1. The standard InChI is InChI=1S/C12H17ClN2O3/c1-16-2-3-17-12-10(14)5-11(12)18-9-4-8(13)6-15-7-9/h4,6-7,10-12H,2-3,5,14H2,1H3. The Balaban J connectivity index is 1.85. The maximum absolute atomic E-state index is 5.89. The fourth-order valence-electron chi connectivity index (χ4n) is 1.86. The first-order chi connectivity index (χ1) is 8.70. The first-order valence-electron chi connectivity index (χ1n) is 5.84. The molecule has 18 heavy (non-hydrogen) atoms. The SMILES string of the molecule is COCCOC1C(N)CC1Oc1cncc(Cl)c1. The summed E-state index contributed by atoms with van der Waals surface area (Å²) in [6.45, 7) is 1.07. The van der Waals surface area contributed by atoms with Crippen LogP contribution >= 0.6 is 11.6 Å². The number of hydrogen-bond donors (Lipinski definition) is 1. The van der Waals surface area contributed by atoms with Crippen LogP contribution in [0, 0.1) is 0 Å². The molecule has 1 fully saturated rings. The lowest BCUT2D eigenvalue weighted by molar-refractivity contribution is -0.107. The number of nitrogens with zero attached hydrogens (tertiary/aromatic N) is 1. The van der Waals surface area contributed by atoms with Crippen molar-refractivity contribution in [3.8, 4) is 5.75 Å². The van der Waals surface area contributed by atoms with Crippen molar-refractivity contribution in [2.24, 2.45) is 5.73 Å². The predicted octanol–water partition coefficient (Wildman–Crippen LogP) is 1.24. The first-order valence-corrected chi connectivity index (χ1v) is 6.22. The second-order valence-electron chi connectivity index (χ2n) is 4.22. The van der Waals surface area contributed by atoms with Crippen LogP contribution in [-0.4, -0.2) is 43.6 Å². The van der Waals surface area contributed by atoms with Gasteiger partial charge < -0.3 is 19.9 Å². The van der Waals surface area contributed by atoms with Crippen molar-refractivity contribution >= 4 is 11.6 Å². The van der Waals surface area contributed by atoms with Crippen LogP contribution in [0.25, 0.3) is 0 Å². The molecule has 2 rings (SSSR count). The van der Waals surface area contributed by atoms with Gasteiger partial charge in [0.25, 0.3) is 0 Å². The predicted molar refractivity (Wildman–Crippen MR) is 67.9 cm³/mol. The highest BCUT2D eigenvalue weighted by Crippen LogP contribution is 2.28. The van der Waals surface area contributed by atoms with E-state index >= 15 is 0 Å². The maximum atomic E-state index is 5.89. The molecule has 0 spiro atoms. The zero-order chi connectivity index (χ0) is 13.0. The van der Waals surface area contributed by atoms with E-state index in [1.807, 2.05) is 0 Å². The van der Waals surface area contributed by atoms with E-state index in [1.165, 1.54) is 0 Å². The Kier molecular flexibility index (Phi) is 4.77. The average Bonchev–Trinajstić information content (AvgIpc) is 2.34. The zero-order valence-corrected chi connectivity index (χ0v) is 11.0. The number of methoxy groups -OCH3 is 1. The van der Waals surface area contributed by atoms with Gasteiger partial charge in [-0.25, -0.2) is 0 Å². The molecule has 0 aliphatic heterocycles. The Morgan fingerprint density at radius 3 is 2.94 bits per heavy atom. The highest BCUT2D eigenvalue weighted by atomic mass is 35.5. The minimum Gasteiger partial charge on any atom is -0.486 e. The molecule has 1 aliphatic carbocycles. The topological polar surface area (TPSA) is 66.6 Å². The van der Waals surface area contributed by atoms with Crippen molar-refractivity contribution in [3.05, 3.63) is 23.5 Å². The van der Waals surface area contributed by atoms with E-state index < -0.39 is 0 Å². The molecule has 5 nitrogen and oxygen atoms in total. The minimum absolute atomic E-state index is 0.0130. The van der Waals surface area contributed by atoms with Gasteiger partial charge in [-0.15, -0.1) is 0 Å². The van der Waals surface area contributed by atoms with Gasteiger partial charge in [0.05, 0.1) is 24.4 Å². The van der Waals surface area contributed by atoms with Gasteiger partial charge in [0.2, 0.25) is 0 Å². The quantitative estimate of drug-likeness (QED) is 0.790. The minimum atomic E-state index is -0.0980. The molecule has 1 saturated carbocycles. The molecule has 0 saturated heterocycles. The van der Waals surface area contributed by atoms with Gasteiger partial charge in [0.1, 0.15) is 18.0 Å². The van der Waals surface area contributed by atoms with Crippen molar-refractivity contribution < 1.29 is 14.2 Å². The van der Waals surface area contributed by atoms with Crippen LogP contribution in [0.2, 0.25) is 5.02 Å². The molecular formula is C12H17ClN2O3. The third kappa shape index (κ3) is 3.32. The molecule has 0 radical (unpaired) electrons. The van der Waals surface area contributed by atoms with Crippen LogP contribution < -0.4 is 10.5 Å². The number of ether oxygens (including phenoxy) is 3. The van der Waals surface area contributed by atoms with Crippen LogP contribution in [0.3, 0.4) is 0 Å². The molecule has 3 atom stereocenters. The van der Waals surface area contributed by atoms with Crippen LogP contribution in [0.4, 0.5) is 0 Å². The summed E-state index contributed by atoms with van der Waals surface area (Å²) >= 11 is 5.84. The lowest BCUT2D eigenvalue weighted by Gasteiger charge is -2.41. The van der Waals surface area contributed by atoms with Gasteiger partial charge in [-0.05, 0) is 0 Å². The van der Waals surface area contributed by atoms with Crippen LogP contribution in [-0.2, 0) is 9.47 Å². The second kappa shape index (κ2) is 6.33. The van der Waals surface area contributed by atoms with Gasteiger partial charge in [0, 0.05) is 31.8 Å². The molecule has 0 aromatic carbocycles. The lowest BCUT2D eigenvalue weighted by Crippen LogP contribution is -2.59. The van der Waals surface area contributed by atoms with Gasteiger partial charge >= 0.3 is 0 Å². The lowest BCUT2D eigenvalue weighted by atomic mass is 9.86. The van der Waals surface area contributed by atoms with E-state index in [1.54, 1.807) is 25.6 Å². The Labute approximate surface area is 111 Å². The van der Waals surface area contributed by atoms with Gasteiger partial charge in [-0.1, -0.05) is 11.6 Å². The van der Waals surface area contributed by atoms with Gasteiger partial charge in [-0.3, -0.25) is 4.98 Å². The van der Waals surface area contributed by atoms with Crippen LogP contribution in [0.1, 0.15) is 6.42 Å². The summed E-state index contributed by atoms with van der Waals surface area (Å²) in [5, 5.41) is 0.549. The Hall–Kier alpha value is -0.880. The summed E-state index contributed by atoms with van der Waals surface area (Å²) in [6, 6.07) is 1.74. The highest BCUT2D eigenvalue weighted by Gasteiger charge is 2.41. The molecular weight excluding hydrogens is 256 g/mol. The van der Waals surface area contributed by atoms with Crippen molar-refractivity contribution in [1.29, 1.82) is 0 Å². The number of rotatable bonds is 6. The number of nitrogens with two attached hydrogens (primary N) is 1. The Morgan fingerprint density at radius 1 is 1.44 bits per heavy atom. The molecule has 3 unspecified atom stereocenters. The third-order valence-electron chi connectivity index (χ3n) is 2.86. The Bertz CT molecular complexity index is 391. The van der Waals surface area contributed by atoms with E-state index in [-0.39, 0.29) is 18.2 Å². The summed E-state index contributed by atoms with van der Waals surface area (Å²) in [5.41, 5.74) is 5.89. The average molecular weight is 273 g/mol. The Morgan fingerprint density at radius 2 is 2.28 bits per heavy atom. The molecule has 0 amide bonds. The van der Waals surface area contributed by atoms with E-state index in [9.17, 15) is 0 Å². The molecule has 100 valence electrons. The fourth-order valence-corrected chi connectivity index (χ4v) is 2.03. The van der Waals surface area contributed by atoms with Crippen molar-refractivity contribution in [3.63, 3.8) is 0 Å². The summed E-state index contributed by atoms with van der Waals surface area (Å²) < 4.78 is 16.3. The van der Waals surface area contributed by atoms with Crippen molar-refractivity contribution in [2.45, 2.75) is 24.7 Å². The van der Waals surface area contributed by atoms with Gasteiger partial charge in [0.15, 0.2) is 0 Å². The summed E-state index contributed by atoms with van der Waals surface area (Å²) in [5.74, 6) is 0.639. The van der Waals surface area contributed by atoms with E-state index in [4.69, 9.17) is 31.5 Å². The number of aromatic nitrogens is 1. The monoisotopic (exact) mass is 272 g/mol. The summed E-state index contributed by atoms with van der Waals surface area (Å²) in [4.78, 5) is 3.97. The third-order valence-corrected chi connectivity index (χ3v) is 3.06. The van der Waals surface area contributed by atoms with E-state index in [0.29, 0.717) is 24.0 Å². The molecule has 1 aliphatic rings. The van der Waals surface area contributed by atoms with E-state index in [2.05, 4.69) is 4.98 Å². The smallest absolute Gasteiger partial charge is 0.139 e. The molecule has 1 aromatic heterocycles. The summed E-state index contributed by atoms with van der Waals surface area (Å²) in [6.07, 6.45) is 3.82. The highest BCUT2D eigenvalue weighted by molar-refractivity contribution is 6.30. The van der Waals surface area contributed by atoms with Gasteiger partial charge in [-0.2, -0.15) is 0 Å². The second-order valence-corrected chi connectivity index (χ2v) is 4.66. The number of pyridine rings is 1. The molecule has 1 aromatic rings. The fraction of sp³-hybridized carbons (Fsp3) is 0.583. The van der Waals surface area contributed by atoms with Crippen molar-refractivity contribution in [2.75, 3.05) is 20.3 Å². The van der Waals surface area contributed by atoms with Crippen molar-refractivity contribution in [1.82, 2.24) is 4.98 Å². The normalized spacial score (nSPS) is 26.7. The largest absolute Gasteiger partial charge is 0.486 e.